The first-order valence-corrected chi connectivity index (χ1v) is 8.58. The summed E-state index contributed by atoms with van der Waals surface area (Å²) in [5.74, 6) is 0.331. The highest BCUT2D eigenvalue weighted by atomic mass is 19.3. The van der Waals surface area contributed by atoms with E-state index in [2.05, 4.69) is 4.74 Å². The van der Waals surface area contributed by atoms with E-state index in [0.717, 1.165) is 11.1 Å². The third kappa shape index (κ3) is 5.79. The monoisotopic (exact) mass is 392 g/mol. The minimum Gasteiger partial charge on any atom is -0.496 e. The Morgan fingerprint density at radius 3 is 2.39 bits per heavy atom. The molecule has 0 heterocycles. The number of ketones is 1. The Hall–Kier alpha value is -2.93. The van der Waals surface area contributed by atoms with Crippen LogP contribution < -0.4 is 14.2 Å². The largest absolute Gasteiger partial charge is 0.496 e. The second-order valence-electron chi connectivity index (χ2n) is 5.65. The number of carbonyl (C=O) groups is 1. The van der Waals surface area contributed by atoms with E-state index >= 15 is 0 Å². The average molecular weight is 392 g/mol. The summed E-state index contributed by atoms with van der Waals surface area (Å²) in [7, 11) is 2.90. The van der Waals surface area contributed by atoms with Gasteiger partial charge in [0, 0.05) is 17.7 Å². The normalized spacial score (nSPS) is 11.1. The molecule has 0 saturated heterocycles. The molecule has 0 spiro atoms. The SMILES string of the molecule is CCOCc1cc(/C=C/C(=O)c2ccc(OC(F)F)c(OC)c2)ccc1OC. The van der Waals surface area contributed by atoms with Crippen LogP contribution in [0, 0.1) is 0 Å². The molecule has 0 aliphatic heterocycles. The lowest BCUT2D eigenvalue weighted by molar-refractivity contribution is -0.0512. The van der Waals surface area contributed by atoms with E-state index in [1.165, 1.54) is 31.4 Å². The van der Waals surface area contributed by atoms with E-state index in [0.29, 0.717) is 19.0 Å². The number of rotatable bonds is 10. The number of ether oxygens (including phenoxy) is 4. The van der Waals surface area contributed by atoms with Crippen molar-refractivity contribution < 1.29 is 32.5 Å². The van der Waals surface area contributed by atoms with Crippen LogP contribution in [0.2, 0.25) is 0 Å². The third-order valence-electron chi connectivity index (χ3n) is 3.86. The van der Waals surface area contributed by atoms with Crippen LogP contribution in [-0.4, -0.2) is 33.2 Å². The van der Waals surface area contributed by atoms with Crippen LogP contribution in [0.5, 0.6) is 17.2 Å². The number of carbonyl (C=O) groups excluding carboxylic acids is 1. The Morgan fingerprint density at radius 2 is 1.75 bits per heavy atom. The van der Waals surface area contributed by atoms with Crippen molar-refractivity contribution in [3.05, 3.63) is 59.2 Å². The van der Waals surface area contributed by atoms with Gasteiger partial charge in [0.1, 0.15) is 5.75 Å². The number of hydrogen-bond donors (Lipinski definition) is 0. The van der Waals surface area contributed by atoms with Gasteiger partial charge in [-0.25, -0.2) is 0 Å². The average Bonchev–Trinajstić information content (AvgIpc) is 2.70. The van der Waals surface area contributed by atoms with Gasteiger partial charge in [-0.05, 0) is 48.9 Å². The van der Waals surface area contributed by atoms with Crippen molar-refractivity contribution in [1.29, 1.82) is 0 Å². The van der Waals surface area contributed by atoms with Crippen molar-refractivity contribution in [3.63, 3.8) is 0 Å². The summed E-state index contributed by atoms with van der Waals surface area (Å²) >= 11 is 0. The lowest BCUT2D eigenvalue weighted by Crippen LogP contribution is -2.04. The second kappa shape index (κ2) is 10.4. The van der Waals surface area contributed by atoms with Crippen molar-refractivity contribution in [1.82, 2.24) is 0 Å². The zero-order valence-electron chi connectivity index (χ0n) is 15.9. The Balaban J connectivity index is 2.19. The quantitative estimate of drug-likeness (QED) is 0.432. The molecule has 150 valence electrons. The van der Waals surface area contributed by atoms with Gasteiger partial charge < -0.3 is 18.9 Å². The molecule has 0 aromatic heterocycles. The smallest absolute Gasteiger partial charge is 0.387 e. The molecule has 2 aromatic carbocycles. The minimum atomic E-state index is -2.98. The number of benzene rings is 2. The highest BCUT2D eigenvalue weighted by Crippen LogP contribution is 2.30. The fourth-order valence-corrected chi connectivity index (χ4v) is 2.51. The molecular weight excluding hydrogens is 370 g/mol. The molecule has 0 aliphatic rings. The third-order valence-corrected chi connectivity index (χ3v) is 3.86. The highest BCUT2D eigenvalue weighted by molar-refractivity contribution is 6.07. The maximum atomic E-state index is 12.4. The van der Waals surface area contributed by atoms with Gasteiger partial charge in [0.05, 0.1) is 20.8 Å². The van der Waals surface area contributed by atoms with Crippen molar-refractivity contribution in [3.8, 4) is 17.2 Å². The molecule has 0 radical (unpaired) electrons. The maximum absolute atomic E-state index is 12.4. The number of halogens is 2. The lowest BCUT2D eigenvalue weighted by atomic mass is 10.1. The summed E-state index contributed by atoms with van der Waals surface area (Å²) in [6.45, 7) is -0.0930. The molecule has 0 unspecified atom stereocenters. The summed E-state index contributed by atoms with van der Waals surface area (Å²) in [5.41, 5.74) is 1.96. The molecule has 0 fully saturated rings. The van der Waals surface area contributed by atoms with Crippen LogP contribution in [0.1, 0.15) is 28.4 Å². The first kappa shape index (κ1) is 21.4. The zero-order valence-corrected chi connectivity index (χ0v) is 15.9. The molecule has 0 amide bonds. The minimum absolute atomic E-state index is 0.0583. The lowest BCUT2D eigenvalue weighted by Gasteiger charge is -2.10. The molecule has 0 N–H and O–H groups in total. The van der Waals surface area contributed by atoms with Crippen molar-refractivity contribution in [2.75, 3.05) is 20.8 Å². The van der Waals surface area contributed by atoms with Gasteiger partial charge in [-0.2, -0.15) is 8.78 Å². The predicted molar refractivity (Wildman–Crippen MR) is 101 cm³/mol. The molecule has 0 bridgehead atoms. The maximum Gasteiger partial charge on any atom is 0.387 e. The Labute approximate surface area is 162 Å². The van der Waals surface area contributed by atoms with E-state index in [1.54, 1.807) is 19.3 Å². The van der Waals surface area contributed by atoms with Crippen LogP contribution in [0.4, 0.5) is 8.78 Å². The molecule has 2 rings (SSSR count). The van der Waals surface area contributed by atoms with Gasteiger partial charge in [0.25, 0.3) is 0 Å². The standard InChI is InChI=1S/C21H22F2O5/c1-4-27-13-16-11-14(6-9-18(16)25-2)5-8-17(24)15-7-10-19(28-21(22)23)20(12-15)26-3/h5-12,21H,4,13H2,1-3H3/b8-5+. The van der Waals surface area contributed by atoms with Gasteiger partial charge in [-0.15, -0.1) is 0 Å². The van der Waals surface area contributed by atoms with Gasteiger partial charge >= 0.3 is 6.61 Å². The van der Waals surface area contributed by atoms with E-state index < -0.39 is 6.61 Å². The van der Waals surface area contributed by atoms with E-state index in [-0.39, 0.29) is 22.8 Å². The number of methoxy groups -OCH3 is 2. The number of allylic oxidation sites excluding steroid dienone is 1. The van der Waals surface area contributed by atoms with Crippen LogP contribution in [0.25, 0.3) is 6.08 Å². The topological polar surface area (TPSA) is 54.0 Å². The summed E-state index contributed by atoms with van der Waals surface area (Å²) < 4.78 is 44.9. The Bertz CT molecular complexity index is 834. The van der Waals surface area contributed by atoms with Crippen LogP contribution in [0.3, 0.4) is 0 Å². The van der Waals surface area contributed by atoms with Crippen LogP contribution in [0.15, 0.2) is 42.5 Å². The zero-order chi connectivity index (χ0) is 20.5. The van der Waals surface area contributed by atoms with Gasteiger partial charge in [0.2, 0.25) is 0 Å². The number of hydrogen-bond acceptors (Lipinski definition) is 5. The van der Waals surface area contributed by atoms with E-state index in [1.807, 2.05) is 19.1 Å². The van der Waals surface area contributed by atoms with E-state index in [4.69, 9.17) is 14.2 Å². The van der Waals surface area contributed by atoms with Gasteiger partial charge in [-0.3, -0.25) is 4.79 Å². The van der Waals surface area contributed by atoms with Crippen molar-refractivity contribution in [2.45, 2.75) is 20.1 Å². The molecule has 0 saturated carbocycles. The highest BCUT2D eigenvalue weighted by Gasteiger charge is 2.13. The summed E-state index contributed by atoms with van der Waals surface area (Å²) in [4.78, 5) is 12.4. The predicted octanol–water partition coefficient (Wildman–Crippen LogP) is 4.74. The molecule has 0 aliphatic carbocycles. The molecule has 7 heteroatoms. The first-order chi connectivity index (χ1) is 13.5. The molecule has 2 aromatic rings. The molecular formula is C21H22F2O5. The molecule has 0 atom stereocenters. The van der Waals surface area contributed by atoms with Crippen molar-refractivity contribution in [2.24, 2.45) is 0 Å². The molecule has 5 nitrogen and oxygen atoms in total. The summed E-state index contributed by atoms with van der Waals surface area (Å²) in [6, 6.07) is 9.54. The van der Waals surface area contributed by atoms with E-state index in [9.17, 15) is 13.6 Å². The number of alkyl halides is 2. The second-order valence-corrected chi connectivity index (χ2v) is 5.65. The van der Waals surface area contributed by atoms with Gasteiger partial charge in [0.15, 0.2) is 17.3 Å². The summed E-state index contributed by atoms with van der Waals surface area (Å²) in [5, 5.41) is 0. The molecule has 28 heavy (non-hydrogen) atoms. The summed E-state index contributed by atoms with van der Waals surface area (Å²) in [6.07, 6.45) is 3.06. The fourth-order valence-electron chi connectivity index (χ4n) is 2.51. The van der Waals surface area contributed by atoms with Crippen LogP contribution in [-0.2, 0) is 11.3 Å². The van der Waals surface area contributed by atoms with Crippen LogP contribution >= 0.6 is 0 Å². The van der Waals surface area contributed by atoms with Crippen molar-refractivity contribution >= 4 is 11.9 Å². The fraction of sp³-hybridized carbons (Fsp3) is 0.286. The Kier molecular flexibility index (Phi) is 7.95. The first-order valence-electron chi connectivity index (χ1n) is 8.58. The van der Waals surface area contributed by atoms with Gasteiger partial charge in [-0.1, -0.05) is 12.1 Å². The Morgan fingerprint density at radius 1 is 1.04 bits per heavy atom.